The van der Waals surface area contributed by atoms with Gasteiger partial charge in [0, 0.05) is 16.7 Å². The predicted molar refractivity (Wildman–Crippen MR) is 50.5 cm³/mol. The molecule has 0 aromatic heterocycles. The molecule has 0 bridgehead atoms. The Morgan fingerprint density at radius 1 is 1.25 bits per heavy atom. The normalized spacial score (nSPS) is 9.56. The number of carbonyl (C=O) groups excluding carboxylic acids is 3. The van der Waals surface area contributed by atoms with Gasteiger partial charge in [0.1, 0.15) is 6.61 Å². The van der Waals surface area contributed by atoms with Crippen LogP contribution in [0.4, 0.5) is 4.53 Å². The van der Waals surface area contributed by atoms with Crippen molar-refractivity contribution in [3.05, 3.63) is 24.8 Å². The van der Waals surface area contributed by atoms with Gasteiger partial charge in [-0.25, -0.2) is 9.59 Å². The van der Waals surface area contributed by atoms with Gasteiger partial charge in [0.2, 0.25) is 5.91 Å². The summed E-state index contributed by atoms with van der Waals surface area (Å²) in [5.41, 5.74) is 0. The molecule has 0 aromatic rings. The molecule has 0 saturated carbocycles. The van der Waals surface area contributed by atoms with Crippen LogP contribution in [0.25, 0.3) is 0 Å². The van der Waals surface area contributed by atoms with Gasteiger partial charge in [0.25, 0.3) is 0 Å². The third kappa shape index (κ3) is 7.25. The second-order valence-electron chi connectivity index (χ2n) is 2.39. The molecule has 0 aliphatic heterocycles. The maximum atomic E-state index is 11.2. The number of esters is 1. The molecule has 0 aromatic carbocycles. The number of halogens is 1. The fourth-order valence-electron chi connectivity index (χ4n) is 0.608. The van der Waals surface area contributed by atoms with E-state index in [9.17, 15) is 18.9 Å². The van der Waals surface area contributed by atoms with Crippen molar-refractivity contribution in [3.63, 3.8) is 0 Å². The zero-order valence-electron chi connectivity index (χ0n) is 8.27. The van der Waals surface area contributed by atoms with E-state index in [1.807, 2.05) is 0 Å². The summed E-state index contributed by atoms with van der Waals surface area (Å²) in [6.07, 6.45) is 2.35. The molecule has 0 radical (unpaired) electrons. The van der Waals surface area contributed by atoms with Crippen molar-refractivity contribution in [2.75, 3.05) is 13.2 Å². The lowest BCUT2D eigenvalue weighted by atomic mass is 10.5. The van der Waals surface area contributed by atoms with E-state index in [1.165, 1.54) is 0 Å². The number of rotatable bonds is 6. The summed E-state index contributed by atoms with van der Waals surface area (Å²) in [6, 6.07) is 0. The zero-order chi connectivity index (χ0) is 12.4. The highest BCUT2D eigenvalue weighted by atomic mass is 19.3. The molecular formula is C9H10FNO5. The minimum Gasteiger partial charge on any atom is -0.461 e. The summed E-state index contributed by atoms with van der Waals surface area (Å²) < 4.78 is 15.7. The molecule has 1 amide bonds. The third-order valence-corrected chi connectivity index (χ3v) is 1.26. The summed E-state index contributed by atoms with van der Waals surface area (Å²) in [4.78, 5) is 34.4. The summed E-state index contributed by atoms with van der Waals surface area (Å²) in [6.45, 7) is 3.25. The molecule has 0 fully saturated rings. The monoisotopic (exact) mass is 231 g/mol. The highest BCUT2D eigenvalue weighted by Gasteiger charge is 2.00. The maximum absolute atomic E-state index is 11.2. The van der Waals surface area contributed by atoms with Crippen LogP contribution < -0.4 is 5.32 Å². The molecule has 7 heteroatoms. The molecule has 0 heterocycles. The van der Waals surface area contributed by atoms with Gasteiger partial charge in [0.05, 0.1) is 6.54 Å². The van der Waals surface area contributed by atoms with E-state index in [-0.39, 0.29) is 13.2 Å². The van der Waals surface area contributed by atoms with Crippen molar-refractivity contribution < 1.29 is 28.6 Å². The number of hydrogen-bond donors (Lipinski definition) is 1. The summed E-state index contributed by atoms with van der Waals surface area (Å²) >= 11 is 0. The molecule has 0 saturated heterocycles. The van der Waals surface area contributed by atoms with Crippen molar-refractivity contribution >= 4 is 17.8 Å². The van der Waals surface area contributed by atoms with Crippen LogP contribution in [0.2, 0.25) is 0 Å². The SMILES string of the molecule is C=CC(=O)NCCOC(=O)/C=C/C(=O)OF. The fourth-order valence-corrected chi connectivity index (χ4v) is 0.608. The fraction of sp³-hybridized carbons (Fsp3) is 0.222. The van der Waals surface area contributed by atoms with E-state index < -0.39 is 17.8 Å². The van der Waals surface area contributed by atoms with Crippen molar-refractivity contribution in [3.8, 4) is 0 Å². The third-order valence-electron chi connectivity index (χ3n) is 1.26. The second kappa shape index (κ2) is 8.16. The van der Waals surface area contributed by atoms with E-state index in [2.05, 4.69) is 21.6 Å². The molecule has 16 heavy (non-hydrogen) atoms. The van der Waals surface area contributed by atoms with Crippen LogP contribution in [-0.4, -0.2) is 31.0 Å². The summed E-state index contributed by atoms with van der Waals surface area (Å²) in [7, 11) is 0. The molecule has 0 aliphatic carbocycles. The topological polar surface area (TPSA) is 81.7 Å². The molecular weight excluding hydrogens is 221 g/mol. The molecule has 88 valence electrons. The van der Waals surface area contributed by atoms with Crippen LogP contribution >= 0.6 is 0 Å². The van der Waals surface area contributed by atoms with Gasteiger partial charge in [-0.05, 0) is 6.08 Å². The Balaban J connectivity index is 3.66. The quantitative estimate of drug-likeness (QED) is 0.389. The van der Waals surface area contributed by atoms with Gasteiger partial charge in [-0.2, -0.15) is 0 Å². The minimum atomic E-state index is -1.31. The molecule has 0 atom stereocenters. The van der Waals surface area contributed by atoms with Crippen LogP contribution in [0.3, 0.4) is 0 Å². The van der Waals surface area contributed by atoms with Crippen LogP contribution in [0.1, 0.15) is 0 Å². The number of hydrogen-bond acceptors (Lipinski definition) is 5. The van der Waals surface area contributed by atoms with Crippen molar-refractivity contribution in [2.45, 2.75) is 0 Å². The molecule has 0 unspecified atom stereocenters. The van der Waals surface area contributed by atoms with E-state index in [0.717, 1.165) is 6.08 Å². The first kappa shape index (κ1) is 13.8. The molecule has 6 nitrogen and oxygen atoms in total. The lowest BCUT2D eigenvalue weighted by molar-refractivity contribution is -0.176. The van der Waals surface area contributed by atoms with Crippen LogP contribution in [0, 0.1) is 0 Å². The van der Waals surface area contributed by atoms with E-state index in [1.54, 1.807) is 0 Å². The van der Waals surface area contributed by atoms with Crippen molar-refractivity contribution in [1.29, 1.82) is 0 Å². The standard InChI is InChI=1S/C9H10FNO5/c1-2-7(12)11-5-6-15-8(13)3-4-9(14)16-10/h2-4H,1,5-6H2,(H,11,12)/b4-3+. The van der Waals surface area contributed by atoms with Gasteiger partial charge in [-0.3, -0.25) is 9.74 Å². The molecule has 0 aliphatic rings. The average molecular weight is 231 g/mol. The molecule has 1 N–H and O–H groups in total. The van der Waals surface area contributed by atoms with Gasteiger partial charge in [-0.1, -0.05) is 6.58 Å². The minimum absolute atomic E-state index is 0.0760. The van der Waals surface area contributed by atoms with Crippen LogP contribution in [-0.2, 0) is 24.1 Å². The van der Waals surface area contributed by atoms with Gasteiger partial charge in [0.15, 0.2) is 0 Å². The van der Waals surface area contributed by atoms with Crippen LogP contribution in [0.15, 0.2) is 24.8 Å². The number of carbonyl (C=O) groups is 3. The van der Waals surface area contributed by atoms with Crippen molar-refractivity contribution in [2.24, 2.45) is 0 Å². The van der Waals surface area contributed by atoms with Crippen LogP contribution in [0.5, 0.6) is 0 Å². The Hall–Kier alpha value is -2.18. The Bertz CT molecular complexity index is 313. The first-order valence-corrected chi connectivity index (χ1v) is 4.17. The molecule has 0 rings (SSSR count). The highest BCUT2D eigenvalue weighted by molar-refractivity contribution is 5.91. The molecule has 0 spiro atoms. The van der Waals surface area contributed by atoms with Gasteiger partial charge >= 0.3 is 11.9 Å². The van der Waals surface area contributed by atoms with Gasteiger partial charge < -0.3 is 10.1 Å². The summed E-state index contributed by atoms with van der Waals surface area (Å²) in [5.74, 6) is -2.55. The Kier molecular flexibility index (Phi) is 7.04. The zero-order valence-corrected chi connectivity index (χ0v) is 8.27. The summed E-state index contributed by atoms with van der Waals surface area (Å²) in [5, 5.41) is 2.35. The Morgan fingerprint density at radius 2 is 1.88 bits per heavy atom. The van der Waals surface area contributed by atoms with E-state index >= 15 is 0 Å². The smallest absolute Gasteiger partial charge is 0.372 e. The Labute approximate surface area is 90.6 Å². The lowest BCUT2D eigenvalue weighted by Crippen LogP contribution is -2.25. The average Bonchev–Trinajstić information content (AvgIpc) is 2.31. The Morgan fingerprint density at radius 3 is 2.44 bits per heavy atom. The number of amides is 1. The maximum Gasteiger partial charge on any atom is 0.372 e. The van der Waals surface area contributed by atoms with E-state index in [4.69, 9.17) is 0 Å². The predicted octanol–water partition coefficient (Wildman–Crippen LogP) is -0.184. The van der Waals surface area contributed by atoms with Crippen molar-refractivity contribution in [1.82, 2.24) is 5.32 Å². The number of nitrogens with one attached hydrogen (secondary N) is 1. The lowest BCUT2D eigenvalue weighted by Gasteiger charge is -2.02. The highest BCUT2D eigenvalue weighted by Crippen LogP contribution is 1.85. The van der Waals surface area contributed by atoms with Gasteiger partial charge in [-0.15, -0.1) is 0 Å². The second-order valence-corrected chi connectivity index (χ2v) is 2.39. The first-order valence-electron chi connectivity index (χ1n) is 4.17. The largest absolute Gasteiger partial charge is 0.461 e. The van der Waals surface area contributed by atoms with E-state index in [0.29, 0.717) is 12.2 Å². The first-order chi connectivity index (χ1) is 7.60. The number of ether oxygens (including phenoxy) is 1.